The molecule has 0 aliphatic carbocycles. The zero-order valence-corrected chi connectivity index (χ0v) is 11.0. The molecule has 0 amide bonds. The number of benzene rings is 1. The molecule has 1 heterocycles. The third-order valence-electron chi connectivity index (χ3n) is 3.02. The van der Waals surface area contributed by atoms with Crippen LogP contribution in [0.15, 0.2) is 36.5 Å². The van der Waals surface area contributed by atoms with Crippen LogP contribution in [0.5, 0.6) is 0 Å². The predicted molar refractivity (Wildman–Crippen MR) is 74.6 cm³/mol. The second kappa shape index (κ2) is 6.02. The molecule has 0 bridgehead atoms. The van der Waals surface area contributed by atoms with Crippen molar-refractivity contribution in [3.63, 3.8) is 0 Å². The van der Waals surface area contributed by atoms with E-state index in [2.05, 4.69) is 36.2 Å². The fourth-order valence-corrected chi connectivity index (χ4v) is 2.39. The Morgan fingerprint density at radius 2 is 2.12 bits per heavy atom. The van der Waals surface area contributed by atoms with E-state index in [4.69, 9.17) is 11.6 Å². The first-order chi connectivity index (χ1) is 8.29. The Morgan fingerprint density at radius 3 is 2.94 bits per heavy atom. The SMILES string of the molecule is CCCC(Cl)CCc1ccc2ncccc2c1. The first kappa shape index (κ1) is 12.4. The Balaban J connectivity index is 2.04. The summed E-state index contributed by atoms with van der Waals surface area (Å²) in [5, 5.41) is 1.52. The van der Waals surface area contributed by atoms with Crippen LogP contribution in [-0.4, -0.2) is 10.4 Å². The lowest BCUT2D eigenvalue weighted by Crippen LogP contribution is -2.00. The van der Waals surface area contributed by atoms with E-state index in [0.717, 1.165) is 31.2 Å². The Labute approximate surface area is 108 Å². The number of nitrogens with zero attached hydrogens (tertiary/aromatic N) is 1. The van der Waals surface area contributed by atoms with Crippen molar-refractivity contribution in [3.05, 3.63) is 42.1 Å². The third kappa shape index (κ3) is 3.44. The van der Waals surface area contributed by atoms with Gasteiger partial charge in [0.15, 0.2) is 0 Å². The fourth-order valence-electron chi connectivity index (χ4n) is 2.06. The number of alkyl halides is 1. The van der Waals surface area contributed by atoms with E-state index in [9.17, 15) is 0 Å². The van der Waals surface area contributed by atoms with Crippen LogP contribution < -0.4 is 0 Å². The van der Waals surface area contributed by atoms with Crippen LogP contribution in [0.4, 0.5) is 0 Å². The molecule has 0 radical (unpaired) electrons. The third-order valence-corrected chi connectivity index (χ3v) is 3.45. The maximum absolute atomic E-state index is 6.24. The van der Waals surface area contributed by atoms with E-state index in [0.29, 0.717) is 5.38 Å². The van der Waals surface area contributed by atoms with E-state index in [1.54, 1.807) is 0 Å². The van der Waals surface area contributed by atoms with Crippen LogP contribution in [0, 0.1) is 0 Å². The van der Waals surface area contributed by atoms with Crippen molar-refractivity contribution in [2.75, 3.05) is 0 Å². The summed E-state index contributed by atoms with van der Waals surface area (Å²) in [7, 11) is 0. The van der Waals surface area contributed by atoms with Crippen LogP contribution >= 0.6 is 11.6 Å². The van der Waals surface area contributed by atoms with Gasteiger partial charge in [0.05, 0.1) is 5.52 Å². The number of halogens is 1. The van der Waals surface area contributed by atoms with Crippen molar-refractivity contribution in [1.29, 1.82) is 0 Å². The summed E-state index contributed by atoms with van der Waals surface area (Å²) in [6.07, 6.45) is 6.21. The molecular formula is C15H18ClN. The molecule has 0 saturated carbocycles. The summed E-state index contributed by atoms with van der Waals surface area (Å²) >= 11 is 6.24. The molecule has 0 fully saturated rings. The van der Waals surface area contributed by atoms with Gasteiger partial charge in [0.1, 0.15) is 0 Å². The second-order valence-corrected chi connectivity index (χ2v) is 5.07. The van der Waals surface area contributed by atoms with Gasteiger partial charge in [-0.3, -0.25) is 4.98 Å². The molecule has 2 aromatic rings. The monoisotopic (exact) mass is 247 g/mol. The molecule has 2 heteroatoms. The summed E-state index contributed by atoms with van der Waals surface area (Å²) in [6.45, 7) is 2.18. The van der Waals surface area contributed by atoms with E-state index < -0.39 is 0 Å². The number of fused-ring (bicyclic) bond motifs is 1. The van der Waals surface area contributed by atoms with Crippen LogP contribution in [0.2, 0.25) is 0 Å². The van der Waals surface area contributed by atoms with Crippen molar-refractivity contribution < 1.29 is 0 Å². The van der Waals surface area contributed by atoms with Gasteiger partial charge in [-0.15, -0.1) is 11.6 Å². The molecule has 90 valence electrons. The van der Waals surface area contributed by atoms with Gasteiger partial charge in [-0.1, -0.05) is 25.5 Å². The minimum Gasteiger partial charge on any atom is -0.256 e. The van der Waals surface area contributed by atoms with Crippen LogP contribution in [0.25, 0.3) is 10.9 Å². The maximum atomic E-state index is 6.24. The Morgan fingerprint density at radius 1 is 1.24 bits per heavy atom. The average Bonchev–Trinajstić information content (AvgIpc) is 2.36. The minimum atomic E-state index is 0.310. The molecule has 1 atom stereocenters. The van der Waals surface area contributed by atoms with E-state index >= 15 is 0 Å². The smallest absolute Gasteiger partial charge is 0.0702 e. The molecule has 0 aliphatic heterocycles. The molecule has 0 aliphatic rings. The predicted octanol–water partition coefficient (Wildman–Crippen LogP) is 4.57. The number of rotatable bonds is 5. The van der Waals surface area contributed by atoms with Gasteiger partial charge in [0.2, 0.25) is 0 Å². The zero-order chi connectivity index (χ0) is 12.1. The van der Waals surface area contributed by atoms with Crippen molar-refractivity contribution in [3.8, 4) is 0 Å². The highest BCUT2D eigenvalue weighted by Crippen LogP contribution is 2.17. The molecule has 1 unspecified atom stereocenters. The molecule has 1 aromatic heterocycles. The van der Waals surface area contributed by atoms with Gasteiger partial charge in [0.25, 0.3) is 0 Å². The number of aryl methyl sites for hydroxylation is 1. The van der Waals surface area contributed by atoms with Gasteiger partial charge >= 0.3 is 0 Å². The second-order valence-electron chi connectivity index (χ2n) is 4.46. The van der Waals surface area contributed by atoms with E-state index in [-0.39, 0.29) is 0 Å². The summed E-state index contributed by atoms with van der Waals surface area (Å²) in [4.78, 5) is 4.32. The molecular weight excluding hydrogens is 230 g/mol. The average molecular weight is 248 g/mol. The van der Waals surface area contributed by atoms with Gasteiger partial charge in [0, 0.05) is 17.0 Å². The van der Waals surface area contributed by atoms with Gasteiger partial charge in [-0.2, -0.15) is 0 Å². The summed E-state index contributed by atoms with van der Waals surface area (Å²) in [6, 6.07) is 10.6. The molecule has 0 saturated heterocycles. The quantitative estimate of drug-likeness (QED) is 0.705. The number of aromatic nitrogens is 1. The standard InChI is InChI=1S/C15H18ClN/c1-2-4-14(16)8-6-12-7-9-15-13(11-12)5-3-10-17-15/h3,5,7,9-11,14H,2,4,6,8H2,1H3. The summed E-state index contributed by atoms with van der Waals surface area (Å²) < 4.78 is 0. The lowest BCUT2D eigenvalue weighted by atomic mass is 10.0. The summed E-state index contributed by atoms with van der Waals surface area (Å²) in [5.74, 6) is 0. The highest BCUT2D eigenvalue weighted by atomic mass is 35.5. The van der Waals surface area contributed by atoms with Crippen molar-refractivity contribution in [1.82, 2.24) is 4.98 Å². The fraction of sp³-hybridized carbons (Fsp3) is 0.400. The molecule has 2 rings (SSSR count). The molecule has 0 spiro atoms. The first-order valence-electron chi connectivity index (χ1n) is 6.27. The normalized spacial score (nSPS) is 12.8. The largest absolute Gasteiger partial charge is 0.256 e. The lowest BCUT2D eigenvalue weighted by Gasteiger charge is -2.08. The molecule has 0 N–H and O–H groups in total. The number of hydrogen-bond donors (Lipinski definition) is 0. The van der Waals surface area contributed by atoms with Gasteiger partial charge in [-0.05, 0) is 43.0 Å². The lowest BCUT2D eigenvalue weighted by molar-refractivity contribution is 0.676. The highest BCUT2D eigenvalue weighted by molar-refractivity contribution is 6.20. The van der Waals surface area contributed by atoms with E-state index in [1.165, 1.54) is 10.9 Å². The number of hydrogen-bond acceptors (Lipinski definition) is 1. The van der Waals surface area contributed by atoms with Gasteiger partial charge < -0.3 is 0 Å². The first-order valence-corrected chi connectivity index (χ1v) is 6.71. The maximum Gasteiger partial charge on any atom is 0.0702 e. The van der Waals surface area contributed by atoms with Crippen molar-refractivity contribution >= 4 is 22.5 Å². The van der Waals surface area contributed by atoms with Crippen LogP contribution in [-0.2, 0) is 6.42 Å². The van der Waals surface area contributed by atoms with Crippen LogP contribution in [0.3, 0.4) is 0 Å². The Kier molecular flexibility index (Phi) is 4.38. The summed E-state index contributed by atoms with van der Waals surface area (Å²) in [5.41, 5.74) is 2.42. The molecule has 1 nitrogen and oxygen atoms in total. The van der Waals surface area contributed by atoms with Gasteiger partial charge in [-0.25, -0.2) is 0 Å². The molecule has 1 aromatic carbocycles. The number of pyridine rings is 1. The molecule has 17 heavy (non-hydrogen) atoms. The van der Waals surface area contributed by atoms with E-state index in [1.807, 2.05) is 12.3 Å². The minimum absolute atomic E-state index is 0.310. The zero-order valence-electron chi connectivity index (χ0n) is 10.2. The Bertz CT molecular complexity index is 481. The van der Waals surface area contributed by atoms with Crippen molar-refractivity contribution in [2.45, 2.75) is 38.0 Å². The van der Waals surface area contributed by atoms with Crippen LogP contribution in [0.1, 0.15) is 31.7 Å². The topological polar surface area (TPSA) is 12.9 Å². The Hall–Kier alpha value is -1.08. The highest BCUT2D eigenvalue weighted by Gasteiger charge is 2.04. The van der Waals surface area contributed by atoms with Crippen molar-refractivity contribution in [2.24, 2.45) is 0 Å².